The molecule has 1 saturated heterocycles. The van der Waals surface area contributed by atoms with E-state index in [9.17, 15) is 13.5 Å². The van der Waals surface area contributed by atoms with Crippen molar-refractivity contribution in [1.29, 1.82) is 0 Å². The molecule has 118 valence electrons. The highest BCUT2D eigenvalue weighted by Gasteiger charge is 2.33. The number of rotatable bonds is 4. The monoisotopic (exact) mass is 313 g/mol. The number of morpholine rings is 1. The fourth-order valence-electron chi connectivity index (χ4n) is 2.70. The average Bonchev–Trinajstić information content (AvgIpc) is 2.45. The first-order chi connectivity index (χ1) is 9.88. The van der Waals surface area contributed by atoms with Crippen molar-refractivity contribution in [3.63, 3.8) is 0 Å². The van der Waals surface area contributed by atoms with Crippen LogP contribution in [0.1, 0.15) is 31.9 Å². The van der Waals surface area contributed by atoms with Crippen LogP contribution in [0.2, 0.25) is 0 Å². The first-order valence-corrected chi connectivity index (χ1v) is 8.70. The van der Waals surface area contributed by atoms with Crippen molar-refractivity contribution in [2.45, 2.75) is 50.9 Å². The summed E-state index contributed by atoms with van der Waals surface area (Å²) in [4.78, 5) is 0.304. The van der Waals surface area contributed by atoms with E-state index in [0.29, 0.717) is 30.0 Å². The smallest absolute Gasteiger partial charge is 0.243 e. The predicted molar refractivity (Wildman–Crippen MR) is 80.5 cm³/mol. The normalized spacial score (nSPS) is 24.2. The minimum absolute atomic E-state index is 0.116. The molecule has 0 unspecified atom stereocenters. The molecule has 1 heterocycles. The second-order valence-electron chi connectivity index (χ2n) is 5.53. The summed E-state index contributed by atoms with van der Waals surface area (Å²) in [5.41, 5.74) is 1.39. The van der Waals surface area contributed by atoms with E-state index in [-0.39, 0.29) is 18.8 Å². The lowest BCUT2D eigenvalue weighted by molar-refractivity contribution is -0.0441. The molecule has 5 nitrogen and oxygen atoms in total. The molecule has 0 amide bonds. The molecule has 1 aliphatic rings. The molecule has 0 aromatic heterocycles. The Morgan fingerprint density at radius 1 is 1.29 bits per heavy atom. The predicted octanol–water partition coefficient (Wildman–Crippen LogP) is 1.54. The second kappa shape index (κ2) is 6.44. The molecule has 1 fully saturated rings. The third-order valence-electron chi connectivity index (χ3n) is 3.70. The van der Waals surface area contributed by atoms with E-state index in [1.165, 1.54) is 4.31 Å². The van der Waals surface area contributed by atoms with Gasteiger partial charge in [-0.1, -0.05) is 19.1 Å². The molecule has 2 rings (SSSR count). The van der Waals surface area contributed by atoms with E-state index < -0.39 is 10.0 Å². The topological polar surface area (TPSA) is 66.8 Å². The Kier molecular flexibility index (Phi) is 5.03. The maximum Gasteiger partial charge on any atom is 0.243 e. The third-order valence-corrected chi connectivity index (χ3v) is 5.61. The van der Waals surface area contributed by atoms with Crippen LogP contribution in [-0.2, 0) is 27.8 Å². The Morgan fingerprint density at radius 2 is 1.90 bits per heavy atom. The van der Waals surface area contributed by atoms with Crippen LogP contribution in [-0.4, -0.2) is 43.1 Å². The molecule has 1 aliphatic heterocycles. The fraction of sp³-hybridized carbons (Fsp3) is 0.600. The van der Waals surface area contributed by atoms with Crippen LogP contribution in [0.25, 0.3) is 0 Å². The van der Waals surface area contributed by atoms with Crippen LogP contribution in [0.4, 0.5) is 0 Å². The highest BCUT2D eigenvalue weighted by atomic mass is 32.2. The zero-order valence-corrected chi connectivity index (χ0v) is 13.6. The number of aliphatic hydroxyl groups is 1. The lowest BCUT2D eigenvalue weighted by Gasteiger charge is -2.34. The van der Waals surface area contributed by atoms with Crippen molar-refractivity contribution in [2.75, 3.05) is 13.1 Å². The molecule has 0 saturated carbocycles. The quantitative estimate of drug-likeness (QED) is 0.915. The Balaban J connectivity index is 2.43. The van der Waals surface area contributed by atoms with E-state index in [2.05, 4.69) is 0 Å². The average molecular weight is 313 g/mol. The summed E-state index contributed by atoms with van der Waals surface area (Å²) in [5.74, 6) is 0. The summed E-state index contributed by atoms with van der Waals surface area (Å²) in [7, 11) is -3.56. The van der Waals surface area contributed by atoms with E-state index in [4.69, 9.17) is 4.74 Å². The Morgan fingerprint density at radius 3 is 2.43 bits per heavy atom. The summed E-state index contributed by atoms with van der Waals surface area (Å²) in [6, 6.07) is 5.13. The number of hydrogen-bond acceptors (Lipinski definition) is 4. The van der Waals surface area contributed by atoms with Gasteiger partial charge in [-0.3, -0.25) is 0 Å². The standard InChI is InChI=1S/C15H23NO4S/c1-4-14-6-5-13(10-17)7-15(14)21(18,19)16-8-11(2)20-12(3)9-16/h5-7,11-12,17H,4,8-10H2,1-3H3/t11-,12+. The number of hydrogen-bond donors (Lipinski definition) is 1. The van der Waals surface area contributed by atoms with Crippen molar-refractivity contribution in [3.8, 4) is 0 Å². The fourth-order valence-corrected chi connectivity index (χ4v) is 4.63. The maximum absolute atomic E-state index is 12.9. The largest absolute Gasteiger partial charge is 0.392 e. The lowest BCUT2D eigenvalue weighted by Crippen LogP contribution is -2.48. The van der Waals surface area contributed by atoms with Gasteiger partial charge < -0.3 is 9.84 Å². The van der Waals surface area contributed by atoms with Crippen molar-refractivity contribution in [3.05, 3.63) is 29.3 Å². The second-order valence-corrected chi connectivity index (χ2v) is 7.44. The SMILES string of the molecule is CCc1ccc(CO)cc1S(=O)(=O)N1C[C@@H](C)O[C@@H](C)C1. The molecule has 21 heavy (non-hydrogen) atoms. The summed E-state index contributed by atoms with van der Waals surface area (Å²) in [6.45, 7) is 6.24. The highest BCUT2D eigenvalue weighted by molar-refractivity contribution is 7.89. The number of aliphatic hydroxyl groups excluding tert-OH is 1. The summed E-state index contributed by atoms with van der Waals surface area (Å²) >= 11 is 0. The van der Waals surface area contributed by atoms with Crippen LogP contribution in [0, 0.1) is 0 Å². The molecule has 0 spiro atoms. The van der Waals surface area contributed by atoms with Gasteiger partial charge in [-0.2, -0.15) is 4.31 Å². The number of nitrogens with zero attached hydrogens (tertiary/aromatic N) is 1. The minimum atomic E-state index is -3.56. The Labute approximate surface area is 126 Å². The molecule has 2 atom stereocenters. The van der Waals surface area contributed by atoms with Crippen molar-refractivity contribution in [1.82, 2.24) is 4.31 Å². The minimum Gasteiger partial charge on any atom is -0.392 e. The van der Waals surface area contributed by atoms with Crippen LogP contribution in [0.5, 0.6) is 0 Å². The number of sulfonamides is 1. The van der Waals surface area contributed by atoms with E-state index >= 15 is 0 Å². The number of aryl methyl sites for hydroxylation is 1. The third kappa shape index (κ3) is 3.45. The van der Waals surface area contributed by atoms with Gasteiger partial charge in [0.1, 0.15) is 0 Å². The first-order valence-electron chi connectivity index (χ1n) is 7.26. The molecule has 0 radical (unpaired) electrons. The zero-order chi connectivity index (χ0) is 15.6. The Bertz CT molecular complexity index is 590. The van der Waals surface area contributed by atoms with Crippen LogP contribution >= 0.6 is 0 Å². The molecule has 1 N–H and O–H groups in total. The maximum atomic E-state index is 12.9. The zero-order valence-electron chi connectivity index (χ0n) is 12.7. The molecule has 1 aromatic rings. The van der Waals surface area contributed by atoms with Gasteiger partial charge in [-0.15, -0.1) is 0 Å². The van der Waals surface area contributed by atoms with Gasteiger partial charge in [0.25, 0.3) is 0 Å². The molecular weight excluding hydrogens is 290 g/mol. The molecule has 0 bridgehead atoms. The Hall–Kier alpha value is -0.950. The van der Waals surface area contributed by atoms with Gasteiger partial charge >= 0.3 is 0 Å². The van der Waals surface area contributed by atoms with Gasteiger partial charge in [0, 0.05) is 13.1 Å². The van der Waals surface area contributed by atoms with Crippen LogP contribution < -0.4 is 0 Å². The van der Waals surface area contributed by atoms with Gasteiger partial charge in [-0.25, -0.2) is 8.42 Å². The van der Waals surface area contributed by atoms with E-state index in [0.717, 1.165) is 5.56 Å². The van der Waals surface area contributed by atoms with Crippen LogP contribution in [0.15, 0.2) is 23.1 Å². The molecule has 1 aromatic carbocycles. The van der Waals surface area contributed by atoms with E-state index in [1.54, 1.807) is 18.2 Å². The van der Waals surface area contributed by atoms with Gasteiger partial charge in [0.05, 0.1) is 23.7 Å². The number of ether oxygens (including phenoxy) is 1. The molecule has 0 aliphatic carbocycles. The van der Waals surface area contributed by atoms with Gasteiger partial charge in [0.2, 0.25) is 10.0 Å². The molecule has 6 heteroatoms. The highest BCUT2D eigenvalue weighted by Crippen LogP contribution is 2.25. The van der Waals surface area contributed by atoms with Crippen molar-refractivity contribution < 1.29 is 18.3 Å². The molecular formula is C15H23NO4S. The first kappa shape index (κ1) is 16.4. The lowest BCUT2D eigenvalue weighted by atomic mass is 10.1. The van der Waals surface area contributed by atoms with E-state index in [1.807, 2.05) is 20.8 Å². The van der Waals surface area contributed by atoms with Crippen molar-refractivity contribution in [2.24, 2.45) is 0 Å². The summed E-state index contributed by atoms with van der Waals surface area (Å²) in [6.07, 6.45) is 0.402. The van der Waals surface area contributed by atoms with Crippen LogP contribution in [0.3, 0.4) is 0 Å². The van der Waals surface area contributed by atoms with Gasteiger partial charge in [0.15, 0.2) is 0 Å². The van der Waals surface area contributed by atoms with Gasteiger partial charge in [-0.05, 0) is 37.5 Å². The number of benzene rings is 1. The summed E-state index contributed by atoms with van der Waals surface area (Å²) < 4.78 is 32.9. The summed E-state index contributed by atoms with van der Waals surface area (Å²) in [5, 5.41) is 9.26. The van der Waals surface area contributed by atoms with Crippen molar-refractivity contribution >= 4 is 10.0 Å².